The Morgan fingerprint density at radius 1 is 0.886 bits per heavy atom. The summed E-state index contributed by atoms with van der Waals surface area (Å²) in [7, 11) is 0. The molecule has 182 valence electrons. The number of aliphatic hydroxyl groups is 5. The zero-order valence-corrected chi connectivity index (χ0v) is 18.8. The number of H-pyrrole nitrogens is 1. The van der Waals surface area contributed by atoms with E-state index < -0.39 is 37.0 Å². The van der Waals surface area contributed by atoms with Crippen LogP contribution in [-0.4, -0.2) is 67.5 Å². The van der Waals surface area contributed by atoms with Crippen molar-refractivity contribution in [2.24, 2.45) is 0 Å². The molecule has 0 aliphatic carbocycles. The first-order chi connectivity index (χ1) is 16.9. The van der Waals surface area contributed by atoms with E-state index in [0.29, 0.717) is 11.8 Å². The fourth-order valence-electron chi connectivity index (χ4n) is 4.49. The maximum atomic E-state index is 11.0. The van der Waals surface area contributed by atoms with Gasteiger partial charge in [0.15, 0.2) is 6.10 Å². The molecule has 1 aliphatic rings. The Hall–Kier alpha value is -3.24. The minimum Gasteiger partial charge on any atom is -0.454 e. The minimum atomic E-state index is -2.65. The predicted molar refractivity (Wildman–Crippen MR) is 129 cm³/mol. The maximum Gasteiger partial charge on any atom is 0.288 e. The molecule has 6 N–H and O–H groups in total. The molecular formula is C27H27NO7. The van der Waals surface area contributed by atoms with E-state index in [2.05, 4.69) is 29.2 Å². The van der Waals surface area contributed by atoms with Gasteiger partial charge in [0.1, 0.15) is 18.0 Å². The fraction of sp³-hybridized carbons (Fsp3) is 0.259. The Kier molecular flexibility index (Phi) is 6.33. The summed E-state index contributed by atoms with van der Waals surface area (Å²) in [4.78, 5) is 3.18. The highest BCUT2D eigenvalue weighted by molar-refractivity contribution is 5.89. The van der Waals surface area contributed by atoms with Crippen molar-refractivity contribution in [3.05, 3.63) is 90.1 Å². The van der Waals surface area contributed by atoms with Crippen LogP contribution in [0.15, 0.2) is 79.0 Å². The average molecular weight is 478 g/mol. The number of aromatic nitrogens is 1. The molecule has 4 aromatic rings. The summed E-state index contributed by atoms with van der Waals surface area (Å²) in [6.07, 6.45) is -4.45. The zero-order chi connectivity index (χ0) is 24.6. The van der Waals surface area contributed by atoms with Gasteiger partial charge in [0.2, 0.25) is 6.29 Å². The van der Waals surface area contributed by atoms with Crippen LogP contribution in [0.5, 0.6) is 5.75 Å². The van der Waals surface area contributed by atoms with Crippen LogP contribution in [0.2, 0.25) is 0 Å². The van der Waals surface area contributed by atoms with Crippen molar-refractivity contribution >= 4 is 10.9 Å². The van der Waals surface area contributed by atoms with Crippen LogP contribution in [0.3, 0.4) is 0 Å². The first-order valence-corrected chi connectivity index (χ1v) is 11.4. The first kappa shape index (κ1) is 23.5. The lowest BCUT2D eigenvalue weighted by Crippen LogP contribution is -2.69. The van der Waals surface area contributed by atoms with E-state index in [9.17, 15) is 25.5 Å². The summed E-state index contributed by atoms with van der Waals surface area (Å²) in [5, 5.41) is 52.0. The molecule has 1 aromatic heterocycles. The van der Waals surface area contributed by atoms with Crippen molar-refractivity contribution in [2.75, 3.05) is 6.61 Å². The van der Waals surface area contributed by atoms with E-state index in [-0.39, 0.29) is 5.75 Å². The van der Waals surface area contributed by atoms with Crippen LogP contribution >= 0.6 is 0 Å². The van der Waals surface area contributed by atoms with Gasteiger partial charge < -0.3 is 40.0 Å². The second-order valence-corrected chi connectivity index (χ2v) is 8.73. The van der Waals surface area contributed by atoms with Crippen LogP contribution in [0.4, 0.5) is 0 Å². The zero-order valence-electron chi connectivity index (χ0n) is 18.8. The van der Waals surface area contributed by atoms with Crippen LogP contribution in [0, 0.1) is 0 Å². The highest BCUT2D eigenvalue weighted by Crippen LogP contribution is 2.37. The van der Waals surface area contributed by atoms with E-state index in [1.54, 1.807) is 12.1 Å². The number of fused-ring (bicyclic) bond motifs is 1. The highest BCUT2D eigenvalue weighted by atomic mass is 16.7. The molecule has 1 fully saturated rings. The molecule has 0 amide bonds. The Morgan fingerprint density at radius 3 is 2.31 bits per heavy atom. The lowest BCUT2D eigenvalue weighted by Gasteiger charge is -2.45. The van der Waals surface area contributed by atoms with E-state index in [0.717, 1.165) is 27.8 Å². The van der Waals surface area contributed by atoms with Crippen molar-refractivity contribution in [1.29, 1.82) is 0 Å². The molecular weight excluding hydrogens is 450 g/mol. The summed E-state index contributed by atoms with van der Waals surface area (Å²) in [6, 6.07) is 23.4. The van der Waals surface area contributed by atoms with E-state index >= 15 is 0 Å². The molecule has 0 radical (unpaired) electrons. The Bertz CT molecular complexity index is 1290. The summed E-state index contributed by atoms with van der Waals surface area (Å²) in [5.74, 6) is -2.45. The monoisotopic (exact) mass is 477 g/mol. The normalized spacial score (nSPS) is 26.7. The standard InChI is InChI=1S/C27H27NO7/c29-15-22-24(30)25(31)27(33,26(32)34-22)35-21-8-4-7-20-23(21)19(14-28-20)13-16-9-11-18(12-10-16)17-5-2-1-3-6-17/h1-12,14,22,24-26,28-33H,13,15H2/t22-,24-,25+,26+,27+/m1/s1. The van der Waals surface area contributed by atoms with Gasteiger partial charge in [-0.1, -0.05) is 60.7 Å². The lowest BCUT2D eigenvalue weighted by molar-refractivity contribution is -0.385. The number of rotatable bonds is 6. The van der Waals surface area contributed by atoms with Crippen LogP contribution in [0.25, 0.3) is 22.0 Å². The molecule has 5 rings (SSSR count). The Balaban J connectivity index is 1.43. The quantitative estimate of drug-likeness (QED) is 0.234. The van der Waals surface area contributed by atoms with Crippen LogP contribution < -0.4 is 4.74 Å². The molecule has 0 spiro atoms. The van der Waals surface area contributed by atoms with Crippen molar-refractivity contribution in [1.82, 2.24) is 4.98 Å². The van der Waals surface area contributed by atoms with Gasteiger partial charge in [-0.05, 0) is 40.8 Å². The number of nitrogens with one attached hydrogen (secondary N) is 1. The van der Waals surface area contributed by atoms with Crippen molar-refractivity contribution < 1.29 is 35.0 Å². The van der Waals surface area contributed by atoms with Gasteiger partial charge in [-0.25, -0.2) is 0 Å². The summed E-state index contributed by atoms with van der Waals surface area (Å²) >= 11 is 0. The van der Waals surface area contributed by atoms with Crippen molar-refractivity contribution in [3.63, 3.8) is 0 Å². The number of hydrogen-bond acceptors (Lipinski definition) is 7. The largest absolute Gasteiger partial charge is 0.454 e. The number of ether oxygens (including phenoxy) is 2. The van der Waals surface area contributed by atoms with E-state index in [4.69, 9.17) is 9.47 Å². The average Bonchev–Trinajstić information content (AvgIpc) is 3.30. The second kappa shape index (κ2) is 9.43. The van der Waals surface area contributed by atoms with E-state index in [1.807, 2.05) is 42.6 Å². The lowest BCUT2D eigenvalue weighted by atomic mass is 9.95. The fourth-order valence-corrected chi connectivity index (χ4v) is 4.49. The molecule has 8 heteroatoms. The number of hydrogen-bond donors (Lipinski definition) is 6. The van der Waals surface area contributed by atoms with Crippen LogP contribution in [0.1, 0.15) is 11.1 Å². The molecule has 0 saturated carbocycles. The molecule has 1 aliphatic heterocycles. The maximum absolute atomic E-state index is 11.0. The predicted octanol–water partition coefficient (Wildman–Crippen LogP) is 1.92. The molecule has 8 nitrogen and oxygen atoms in total. The molecule has 2 heterocycles. The van der Waals surface area contributed by atoms with Crippen molar-refractivity contribution in [3.8, 4) is 16.9 Å². The molecule has 1 saturated heterocycles. The number of aromatic amines is 1. The third-order valence-electron chi connectivity index (χ3n) is 6.44. The smallest absolute Gasteiger partial charge is 0.288 e. The second-order valence-electron chi connectivity index (χ2n) is 8.73. The SMILES string of the molecule is OC[C@H]1O[C@H](O)[C@@](O)(Oc2cccc3[nH]cc(Cc4ccc(-c5ccccc5)cc4)c23)[C@@H](O)[C@@H]1O. The first-order valence-electron chi connectivity index (χ1n) is 11.4. The minimum absolute atomic E-state index is 0.193. The molecule has 0 unspecified atom stereocenters. The van der Waals surface area contributed by atoms with Gasteiger partial charge >= 0.3 is 0 Å². The van der Waals surface area contributed by atoms with Gasteiger partial charge in [-0.3, -0.25) is 0 Å². The third-order valence-corrected chi connectivity index (χ3v) is 6.44. The van der Waals surface area contributed by atoms with Gasteiger partial charge in [0.05, 0.1) is 6.61 Å². The van der Waals surface area contributed by atoms with Crippen LogP contribution in [-0.2, 0) is 11.2 Å². The molecule has 35 heavy (non-hydrogen) atoms. The number of aliphatic hydroxyl groups excluding tert-OH is 4. The summed E-state index contributed by atoms with van der Waals surface area (Å²) in [6.45, 7) is -0.647. The summed E-state index contributed by atoms with van der Waals surface area (Å²) < 4.78 is 10.8. The molecule has 0 bridgehead atoms. The highest BCUT2D eigenvalue weighted by Gasteiger charge is 2.57. The Labute approximate surface area is 201 Å². The van der Waals surface area contributed by atoms with Crippen molar-refractivity contribution in [2.45, 2.75) is 36.8 Å². The van der Waals surface area contributed by atoms with Gasteiger partial charge in [-0.2, -0.15) is 0 Å². The van der Waals surface area contributed by atoms with E-state index in [1.165, 1.54) is 0 Å². The number of benzene rings is 3. The van der Waals surface area contributed by atoms with Gasteiger partial charge in [0, 0.05) is 17.1 Å². The third kappa shape index (κ3) is 4.32. The summed E-state index contributed by atoms with van der Waals surface area (Å²) in [5.41, 5.74) is 4.91. The molecule has 5 atom stereocenters. The Morgan fingerprint density at radius 2 is 1.60 bits per heavy atom. The van der Waals surface area contributed by atoms with Gasteiger partial charge in [0.25, 0.3) is 5.79 Å². The van der Waals surface area contributed by atoms with Gasteiger partial charge in [-0.15, -0.1) is 0 Å². The molecule has 3 aromatic carbocycles. The topological polar surface area (TPSA) is 135 Å².